The second-order valence-corrected chi connectivity index (χ2v) is 8.61. The zero-order chi connectivity index (χ0) is 12.8. The first kappa shape index (κ1) is 12.9. The maximum atomic E-state index is 11.5. The molecule has 2 aliphatic heterocycles. The predicted octanol–water partition coefficient (Wildman–Crippen LogP) is 1.10. The van der Waals surface area contributed by atoms with E-state index < -0.39 is 9.84 Å². The minimum atomic E-state index is -2.81. The van der Waals surface area contributed by atoms with Crippen molar-refractivity contribution in [2.75, 3.05) is 18.1 Å². The molecule has 2 saturated heterocycles. The molecule has 2 heterocycles. The average Bonchev–Trinajstić information content (AvgIpc) is 2.67. The van der Waals surface area contributed by atoms with Crippen molar-refractivity contribution in [3.63, 3.8) is 0 Å². The normalized spacial score (nSPS) is 39.4. The molecular formula is C13H23NO3S. The number of sulfone groups is 1. The van der Waals surface area contributed by atoms with E-state index in [1.807, 2.05) is 0 Å². The lowest BCUT2D eigenvalue weighted by Crippen LogP contribution is -2.51. The minimum absolute atomic E-state index is 0.0450. The fraction of sp³-hybridized carbons (Fsp3) is 1.00. The molecule has 3 aliphatic rings. The maximum absolute atomic E-state index is 11.5. The number of rotatable bonds is 2. The quantitative estimate of drug-likeness (QED) is 0.818. The summed E-state index contributed by atoms with van der Waals surface area (Å²) >= 11 is 0. The highest BCUT2D eigenvalue weighted by atomic mass is 32.2. The van der Waals surface area contributed by atoms with Crippen LogP contribution < -0.4 is 5.73 Å². The van der Waals surface area contributed by atoms with E-state index in [9.17, 15) is 8.42 Å². The Kier molecular flexibility index (Phi) is 3.19. The Labute approximate surface area is 109 Å². The van der Waals surface area contributed by atoms with Crippen molar-refractivity contribution >= 4 is 9.84 Å². The van der Waals surface area contributed by atoms with E-state index in [2.05, 4.69) is 0 Å². The molecule has 18 heavy (non-hydrogen) atoms. The highest BCUT2D eigenvalue weighted by Gasteiger charge is 2.45. The number of hydrogen-bond acceptors (Lipinski definition) is 4. The third-order valence-electron chi connectivity index (χ3n) is 5.15. The largest absolute Gasteiger partial charge is 0.375 e. The van der Waals surface area contributed by atoms with Gasteiger partial charge in [-0.15, -0.1) is 0 Å². The summed E-state index contributed by atoms with van der Waals surface area (Å²) in [6.45, 7) is 0.803. The summed E-state index contributed by atoms with van der Waals surface area (Å²) in [6.07, 6.45) is 6.40. The van der Waals surface area contributed by atoms with Crippen LogP contribution >= 0.6 is 0 Å². The van der Waals surface area contributed by atoms with Crippen LogP contribution in [0, 0.1) is 11.8 Å². The van der Waals surface area contributed by atoms with Crippen molar-refractivity contribution < 1.29 is 13.2 Å². The van der Waals surface area contributed by atoms with Crippen LogP contribution in [0.2, 0.25) is 0 Å². The summed E-state index contributed by atoms with van der Waals surface area (Å²) in [4.78, 5) is 0. The summed E-state index contributed by atoms with van der Waals surface area (Å²) in [5, 5.41) is 0. The van der Waals surface area contributed by atoms with E-state index in [1.165, 1.54) is 19.3 Å². The first-order chi connectivity index (χ1) is 8.50. The topological polar surface area (TPSA) is 69.4 Å². The molecule has 5 heteroatoms. The summed E-state index contributed by atoms with van der Waals surface area (Å²) in [5.74, 6) is 1.27. The van der Waals surface area contributed by atoms with Crippen LogP contribution in [0.5, 0.6) is 0 Å². The van der Waals surface area contributed by atoms with Gasteiger partial charge in [-0.1, -0.05) is 0 Å². The van der Waals surface area contributed by atoms with E-state index >= 15 is 0 Å². The van der Waals surface area contributed by atoms with Crippen molar-refractivity contribution in [1.29, 1.82) is 0 Å². The van der Waals surface area contributed by atoms with Crippen molar-refractivity contribution in [2.24, 2.45) is 17.6 Å². The average molecular weight is 273 g/mol. The van der Waals surface area contributed by atoms with Crippen LogP contribution in [0.15, 0.2) is 0 Å². The first-order valence-electron chi connectivity index (χ1n) is 7.10. The molecule has 0 aromatic carbocycles. The molecule has 0 radical (unpaired) electrons. The zero-order valence-corrected chi connectivity index (χ0v) is 11.6. The van der Waals surface area contributed by atoms with Gasteiger partial charge in [-0.3, -0.25) is 0 Å². The molecule has 2 N–H and O–H groups in total. The molecule has 3 rings (SSSR count). The Morgan fingerprint density at radius 3 is 2.56 bits per heavy atom. The Morgan fingerprint density at radius 1 is 1.22 bits per heavy atom. The predicted molar refractivity (Wildman–Crippen MR) is 70.0 cm³/mol. The fourth-order valence-corrected chi connectivity index (χ4v) is 5.70. The van der Waals surface area contributed by atoms with Gasteiger partial charge in [0, 0.05) is 12.6 Å². The maximum Gasteiger partial charge on any atom is 0.150 e. The second kappa shape index (κ2) is 4.46. The van der Waals surface area contributed by atoms with Gasteiger partial charge < -0.3 is 10.5 Å². The standard InChI is InChI=1S/C13H23NO3S/c14-12(11-3-7-18(15,16)9-11)10-2-6-17-13(8-10)4-1-5-13/h10-12H,1-9,14H2. The Bertz CT molecular complexity index is 416. The third-order valence-corrected chi connectivity index (χ3v) is 6.95. The van der Waals surface area contributed by atoms with Crippen LogP contribution in [0.4, 0.5) is 0 Å². The van der Waals surface area contributed by atoms with Crippen LogP contribution in [-0.4, -0.2) is 38.2 Å². The summed E-state index contributed by atoms with van der Waals surface area (Å²) in [6, 6.07) is 0.0450. The van der Waals surface area contributed by atoms with E-state index in [-0.39, 0.29) is 17.6 Å². The highest BCUT2D eigenvalue weighted by molar-refractivity contribution is 7.91. The number of ether oxygens (including phenoxy) is 1. The van der Waals surface area contributed by atoms with E-state index in [1.54, 1.807) is 0 Å². The van der Waals surface area contributed by atoms with Gasteiger partial charge in [-0.2, -0.15) is 0 Å². The third kappa shape index (κ3) is 2.32. The molecule has 0 aromatic rings. The van der Waals surface area contributed by atoms with Gasteiger partial charge in [0.05, 0.1) is 17.1 Å². The SMILES string of the molecule is NC(C1CCOC2(CCC2)C1)C1CCS(=O)(=O)C1. The molecule has 3 unspecified atom stereocenters. The van der Waals surface area contributed by atoms with Gasteiger partial charge in [-0.25, -0.2) is 8.42 Å². The van der Waals surface area contributed by atoms with Gasteiger partial charge in [0.2, 0.25) is 0 Å². The molecule has 0 bridgehead atoms. The van der Waals surface area contributed by atoms with Gasteiger partial charge >= 0.3 is 0 Å². The van der Waals surface area contributed by atoms with Crippen LogP contribution in [-0.2, 0) is 14.6 Å². The van der Waals surface area contributed by atoms with Crippen LogP contribution in [0.25, 0.3) is 0 Å². The Balaban J connectivity index is 1.64. The van der Waals surface area contributed by atoms with Crippen LogP contribution in [0.1, 0.15) is 38.5 Å². The van der Waals surface area contributed by atoms with Gasteiger partial charge in [0.1, 0.15) is 0 Å². The second-order valence-electron chi connectivity index (χ2n) is 6.38. The summed E-state index contributed by atoms with van der Waals surface area (Å²) < 4.78 is 29.0. The lowest BCUT2D eigenvalue weighted by Gasteiger charge is -2.49. The Hall–Kier alpha value is -0.130. The number of nitrogens with two attached hydrogens (primary N) is 1. The summed E-state index contributed by atoms with van der Waals surface area (Å²) in [5.41, 5.74) is 6.46. The molecule has 1 saturated carbocycles. The molecular weight excluding hydrogens is 250 g/mol. The molecule has 4 nitrogen and oxygen atoms in total. The van der Waals surface area contributed by atoms with Crippen molar-refractivity contribution in [1.82, 2.24) is 0 Å². The first-order valence-corrected chi connectivity index (χ1v) is 8.92. The minimum Gasteiger partial charge on any atom is -0.375 e. The molecule has 0 aromatic heterocycles. The zero-order valence-electron chi connectivity index (χ0n) is 10.8. The van der Waals surface area contributed by atoms with Crippen molar-refractivity contribution in [3.05, 3.63) is 0 Å². The summed E-state index contributed by atoms with van der Waals surface area (Å²) in [7, 11) is -2.81. The lowest BCUT2D eigenvalue weighted by atomic mass is 9.69. The molecule has 0 amide bonds. The van der Waals surface area contributed by atoms with E-state index in [0.717, 1.165) is 25.9 Å². The van der Waals surface area contributed by atoms with Gasteiger partial charge in [0.15, 0.2) is 9.84 Å². The lowest BCUT2D eigenvalue weighted by molar-refractivity contribution is -0.147. The molecule has 1 aliphatic carbocycles. The number of hydrogen-bond donors (Lipinski definition) is 1. The highest BCUT2D eigenvalue weighted by Crippen LogP contribution is 2.45. The van der Waals surface area contributed by atoms with Crippen molar-refractivity contribution in [2.45, 2.75) is 50.2 Å². The molecule has 3 atom stereocenters. The molecule has 1 spiro atoms. The molecule has 3 fully saturated rings. The Morgan fingerprint density at radius 2 is 2.00 bits per heavy atom. The van der Waals surface area contributed by atoms with Crippen LogP contribution in [0.3, 0.4) is 0 Å². The monoisotopic (exact) mass is 273 g/mol. The van der Waals surface area contributed by atoms with Gasteiger partial charge in [-0.05, 0) is 50.4 Å². The smallest absolute Gasteiger partial charge is 0.150 e. The van der Waals surface area contributed by atoms with Crippen molar-refractivity contribution in [3.8, 4) is 0 Å². The van der Waals surface area contributed by atoms with Gasteiger partial charge in [0.25, 0.3) is 0 Å². The molecule has 104 valence electrons. The van der Waals surface area contributed by atoms with E-state index in [0.29, 0.717) is 17.4 Å². The van der Waals surface area contributed by atoms with E-state index in [4.69, 9.17) is 10.5 Å². The fourth-order valence-electron chi connectivity index (χ4n) is 3.83.